The molecule has 7 nitrogen and oxygen atoms in total. The second-order valence-electron chi connectivity index (χ2n) is 7.31. The molecule has 28 heavy (non-hydrogen) atoms. The van der Waals surface area contributed by atoms with Crippen molar-refractivity contribution >= 4 is 22.6 Å². The lowest BCUT2D eigenvalue weighted by Gasteiger charge is -2.32. The molecule has 0 saturated carbocycles. The molecule has 2 aromatic rings. The maximum absolute atomic E-state index is 12.0. The van der Waals surface area contributed by atoms with Gasteiger partial charge < -0.3 is 14.4 Å². The van der Waals surface area contributed by atoms with Crippen LogP contribution in [0.15, 0.2) is 42.5 Å². The number of ether oxygens (including phenoxy) is 2. The van der Waals surface area contributed by atoms with E-state index in [0.29, 0.717) is 18.7 Å². The Morgan fingerprint density at radius 1 is 1.04 bits per heavy atom. The van der Waals surface area contributed by atoms with Gasteiger partial charge in [-0.05, 0) is 36.8 Å². The van der Waals surface area contributed by atoms with E-state index >= 15 is 0 Å². The third-order valence-corrected chi connectivity index (χ3v) is 4.75. The van der Waals surface area contributed by atoms with Crippen LogP contribution in [-0.2, 0) is 14.3 Å². The third kappa shape index (κ3) is 5.94. The Morgan fingerprint density at radius 3 is 2.46 bits per heavy atom. The summed E-state index contributed by atoms with van der Waals surface area (Å²) in [5.41, 5.74) is 4.84. The topological polar surface area (TPSA) is 81.1 Å². The van der Waals surface area contributed by atoms with Crippen molar-refractivity contribution in [1.82, 2.24) is 10.9 Å². The SMILES string of the molecule is C[C@@H]1C[NH+](CCC(=O)NNC(=O)COc2ccc3ccccc3c2)C[C@H](C)O1. The predicted octanol–water partition coefficient (Wildman–Crippen LogP) is 0.448. The van der Waals surface area contributed by atoms with Gasteiger partial charge in [0.1, 0.15) is 31.0 Å². The van der Waals surface area contributed by atoms with Crippen molar-refractivity contribution in [3.05, 3.63) is 42.5 Å². The van der Waals surface area contributed by atoms with Crippen molar-refractivity contribution in [2.24, 2.45) is 0 Å². The number of nitrogens with one attached hydrogen (secondary N) is 3. The van der Waals surface area contributed by atoms with Gasteiger partial charge in [-0.25, -0.2) is 0 Å². The van der Waals surface area contributed by atoms with Gasteiger partial charge in [-0.2, -0.15) is 0 Å². The minimum atomic E-state index is -0.400. The van der Waals surface area contributed by atoms with Crippen LogP contribution in [0.1, 0.15) is 20.3 Å². The van der Waals surface area contributed by atoms with Crippen LogP contribution in [0.5, 0.6) is 5.75 Å². The van der Waals surface area contributed by atoms with Crippen LogP contribution in [0.2, 0.25) is 0 Å². The maximum Gasteiger partial charge on any atom is 0.276 e. The summed E-state index contributed by atoms with van der Waals surface area (Å²) in [7, 11) is 0. The standard InChI is InChI=1S/C21H27N3O4/c1-15-12-24(13-16(2)28-15)10-9-20(25)22-23-21(26)14-27-19-8-7-17-5-3-4-6-18(17)11-19/h3-8,11,15-16H,9-10,12-14H2,1-2H3,(H,22,25)(H,23,26)/p+1/t15-,16+. The molecule has 2 amide bonds. The van der Waals surface area contributed by atoms with E-state index in [0.717, 1.165) is 23.9 Å². The van der Waals surface area contributed by atoms with Gasteiger partial charge in [0.05, 0.1) is 13.0 Å². The molecule has 3 N–H and O–H groups in total. The third-order valence-electron chi connectivity index (χ3n) is 4.75. The Morgan fingerprint density at radius 2 is 1.71 bits per heavy atom. The number of benzene rings is 2. The van der Waals surface area contributed by atoms with Crippen LogP contribution >= 0.6 is 0 Å². The molecule has 0 spiro atoms. The number of carbonyl (C=O) groups is 2. The number of carbonyl (C=O) groups excluding carboxylic acids is 2. The molecule has 1 aliphatic heterocycles. The average molecular weight is 386 g/mol. The van der Waals surface area contributed by atoms with E-state index in [1.165, 1.54) is 4.90 Å². The van der Waals surface area contributed by atoms with E-state index in [1.807, 2.05) is 56.3 Å². The number of morpholine rings is 1. The number of rotatable bonds is 6. The van der Waals surface area contributed by atoms with E-state index < -0.39 is 5.91 Å². The zero-order valence-electron chi connectivity index (χ0n) is 16.4. The smallest absolute Gasteiger partial charge is 0.276 e. The highest BCUT2D eigenvalue weighted by molar-refractivity contribution is 5.84. The molecule has 0 aliphatic carbocycles. The second-order valence-corrected chi connectivity index (χ2v) is 7.31. The van der Waals surface area contributed by atoms with Crippen LogP contribution in [0.3, 0.4) is 0 Å². The number of hydrogen-bond acceptors (Lipinski definition) is 4. The highest BCUT2D eigenvalue weighted by Crippen LogP contribution is 2.20. The monoisotopic (exact) mass is 386 g/mol. The number of hydrogen-bond donors (Lipinski definition) is 3. The molecule has 1 unspecified atom stereocenters. The molecular formula is C21H28N3O4+. The first kappa shape index (κ1) is 20.1. The summed E-state index contributed by atoms with van der Waals surface area (Å²) in [6.45, 7) is 6.43. The molecule has 2 aromatic carbocycles. The van der Waals surface area contributed by atoms with Crippen molar-refractivity contribution in [2.75, 3.05) is 26.2 Å². The molecule has 1 aliphatic rings. The van der Waals surface area contributed by atoms with Crippen LogP contribution in [0.25, 0.3) is 10.8 Å². The summed E-state index contributed by atoms with van der Waals surface area (Å²) in [4.78, 5) is 25.2. The van der Waals surface area contributed by atoms with Crippen LogP contribution in [-0.4, -0.2) is 50.3 Å². The van der Waals surface area contributed by atoms with Gasteiger partial charge >= 0.3 is 0 Å². The molecule has 1 saturated heterocycles. The fourth-order valence-electron chi connectivity index (χ4n) is 3.53. The zero-order valence-corrected chi connectivity index (χ0v) is 16.4. The van der Waals surface area contributed by atoms with E-state index in [9.17, 15) is 9.59 Å². The molecule has 3 atom stereocenters. The second kappa shape index (κ2) is 9.52. The van der Waals surface area contributed by atoms with Gasteiger partial charge in [-0.15, -0.1) is 0 Å². The van der Waals surface area contributed by atoms with Crippen molar-refractivity contribution < 1.29 is 24.0 Å². The average Bonchev–Trinajstić information content (AvgIpc) is 2.68. The summed E-state index contributed by atoms with van der Waals surface area (Å²) < 4.78 is 11.2. The molecule has 1 heterocycles. The van der Waals surface area contributed by atoms with Gasteiger partial charge in [-0.3, -0.25) is 20.4 Å². The molecule has 0 radical (unpaired) electrons. The fraction of sp³-hybridized carbons (Fsp3) is 0.429. The highest BCUT2D eigenvalue weighted by atomic mass is 16.5. The molecular weight excluding hydrogens is 358 g/mol. The molecule has 0 aromatic heterocycles. The first-order chi connectivity index (χ1) is 13.5. The van der Waals surface area contributed by atoms with E-state index in [4.69, 9.17) is 9.47 Å². The number of fused-ring (bicyclic) bond motifs is 1. The van der Waals surface area contributed by atoms with Crippen LogP contribution in [0, 0.1) is 0 Å². The normalized spacial score (nSPS) is 21.9. The van der Waals surface area contributed by atoms with Crippen molar-refractivity contribution in [3.63, 3.8) is 0 Å². The lowest BCUT2D eigenvalue weighted by atomic mass is 10.1. The summed E-state index contributed by atoms with van der Waals surface area (Å²) in [5, 5.41) is 2.15. The van der Waals surface area contributed by atoms with Crippen molar-refractivity contribution in [1.29, 1.82) is 0 Å². The van der Waals surface area contributed by atoms with Gasteiger partial charge in [0.15, 0.2) is 6.61 Å². The van der Waals surface area contributed by atoms with E-state index in [-0.39, 0.29) is 24.7 Å². The summed E-state index contributed by atoms with van der Waals surface area (Å²) in [6, 6.07) is 13.6. The zero-order chi connectivity index (χ0) is 19.9. The summed E-state index contributed by atoms with van der Waals surface area (Å²) >= 11 is 0. The lowest BCUT2D eigenvalue weighted by molar-refractivity contribution is -0.914. The highest BCUT2D eigenvalue weighted by Gasteiger charge is 2.25. The summed E-state index contributed by atoms with van der Waals surface area (Å²) in [5.74, 6) is 0.000147. The van der Waals surface area contributed by atoms with Crippen molar-refractivity contribution in [3.8, 4) is 5.75 Å². The molecule has 7 heteroatoms. The minimum Gasteiger partial charge on any atom is -0.484 e. The first-order valence-corrected chi connectivity index (χ1v) is 9.68. The fourth-order valence-corrected chi connectivity index (χ4v) is 3.53. The Balaban J connectivity index is 1.36. The molecule has 150 valence electrons. The molecule has 1 fully saturated rings. The Hall–Kier alpha value is -2.64. The van der Waals surface area contributed by atoms with Gasteiger partial charge in [0.25, 0.3) is 5.91 Å². The predicted molar refractivity (Wildman–Crippen MR) is 106 cm³/mol. The quantitative estimate of drug-likeness (QED) is 0.630. The van der Waals surface area contributed by atoms with Crippen LogP contribution in [0.4, 0.5) is 0 Å². The Labute approximate surface area is 165 Å². The number of hydrazine groups is 1. The molecule has 3 rings (SSSR count). The number of quaternary nitrogens is 1. The molecule has 0 bridgehead atoms. The maximum atomic E-state index is 12.0. The Kier molecular flexibility index (Phi) is 6.84. The van der Waals surface area contributed by atoms with E-state index in [1.54, 1.807) is 0 Å². The van der Waals surface area contributed by atoms with Crippen molar-refractivity contribution in [2.45, 2.75) is 32.5 Å². The minimum absolute atomic E-state index is 0.164. The van der Waals surface area contributed by atoms with Crippen LogP contribution < -0.4 is 20.5 Å². The largest absolute Gasteiger partial charge is 0.484 e. The van der Waals surface area contributed by atoms with Gasteiger partial charge in [0.2, 0.25) is 5.91 Å². The number of amides is 2. The van der Waals surface area contributed by atoms with Gasteiger partial charge in [0, 0.05) is 0 Å². The first-order valence-electron chi connectivity index (χ1n) is 9.68. The van der Waals surface area contributed by atoms with E-state index in [2.05, 4.69) is 10.9 Å². The van der Waals surface area contributed by atoms with Gasteiger partial charge in [-0.1, -0.05) is 30.3 Å². The Bertz CT molecular complexity index is 816. The lowest BCUT2D eigenvalue weighted by Crippen LogP contribution is -3.15. The summed E-state index contributed by atoms with van der Waals surface area (Å²) in [6.07, 6.45) is 0.753.